The number of benzene rings is 1. The van der Waals surface area contributed by atoms with Crippen LogP contribution in [0.25, 0.3) is 15.7 Å². The van der Waals surface area contributed by atoms with Gasteiger partial charge in [-0.3, -0.25) is 10.1 Å². The maximum Gasteiger partial charge on any atom is 0.380 e. The van der Waals surface area contributed by atoms with Gasteiger partial charge in [-0.2, -0.15) is 26.3 Å². The van der Waals surface area contributed by atoms with Crippen LogP contribution in [0, 0.1) is 17.0 Å². The molecule has 3 nitrogen and oxygen atoms in total. The van der Waals surface area contributed by atoms with Gasteiger partial charge in [0.15, 0.2) is 0 Å². The van der Waals surface area contributed by atoms with Crippen LogP contribution in [0.1, 0.15) is 10.4 Å². The number of nitrogens with zero attached hydrogens (tertiary/aromatic N) is 1. The van der Waals surface area contributed by atoms with Gasteiger partial charge in [0.1, 0.15) is 0 Å². The van der Waals surface area contributed by atoms with Crippen molar-refractivity contribution in [3.8, 4) is 0 Å². The number of fused-ring (bicyclic) bond motifs is 1. The molecule has 0 fully saturated rings. The maximum absolute atomic E-state index is 14.0. The minimum absolute atomic E-state index is 0.0879. The Morgan fingerprint density at radius 3 is 2.25 bits per heavy atom. The molecule has 0 atom stereocenters. The van der Waals surface area contributed by atoms with E-state index >= 15 is 0 Å². The quantitative estimate of drug-likeness (QED) is 0.404. The lowest BCUT2D eigenvalue weighted by atomic mass is 9.98. The van der Waals surface area contributed by atoms with Gasteiger partial charge in [0.25, 0.3) is 5.69 Å². The number of hydrogen-bond donors (Lipinski definition) is 0. The highest BCUT2D eigenvalue weighted by atomic mass is 32.1. The van der Waals surface area contributed by atoms with Crippen molar-refractivity contribution in [3.05, 3.63) is 44.8 Å². The molecule has 0 aliphatic heterocycles. The zero-order valence-corrected chi connectivity index (χ0v) is 12.6. The Morgan fingerprint density at radius 2 is 1.75 bits per heavy atom. The van der Waals surface area contributed by atoms with Gasteiger partial charge in [0, 0.05) is 44.3 Å². The summed E-state index contributed by atoms with van der Waals surface area (Å²) in [4.78, 5) is 10.1. The van der Waals surface area contributed by atoms with Gasteiger partial charge in [0.2, 0.25) is 0 Å². The molecular weight excluding hydrogens is 360 g/mol. The third-order valence-electron chi connectivity index (χ3n) is 3.80. The SMILES string of the molecule is Cc1sc2ccc([N+](=O)[O-])cc2c1C1=CC(F)(F)C(F)(F)C1(F)F. The molecule has 0 bridgehead atoms. The summed E-state index contributed by atoms with van der Waals surface area (Å²) >= 11 is 0.900. The summed E-state index contributed by atoms with van der Waals surface area (Å²) in [7, 11) is 0. The summed E-state index contributed by atoms with van der Waals surface area (Å²) in [6, 6.07) is 3.30. The van der Waals surface area contributed by atoms with Crippen LogP contribution in [0.2, 0.25) is 0 Å². The van der Waals surface area contributed by atoms with Crippen LogP contribution in [0.4, 0.5) is 32.0 Å². The van der Waals surface area contributed by atoms with Gasteiger partial charge in [-0.1, -0.05) is 0 Å². The molecule has 0 saturated heterocycles. The van der Waals surface area contributed by atoms with Crippen LogP contribution < -0.4 is 0 Å². The summed E-state index contributed by atoms with van der Waals surface area (Å²) in [5.74, 6) is -15.7. The van der Waals surface area contributed by atoms with Gasteiger partial charge in [-0.25, -0.2) is 0 Å². The third kappa shape index (κ3) is 1.98. The summed E-state index contributed by atoms with van der Waals surface area (Å²) in [6.45, 7) is 1.30. The lowest BCUT2D eigenvalue weighted by Crippen LogP contribution is -2.48. The van der Waals surface area contributed by atoms with Crippen LogP contribution in [-0.4, -0.2) is 22.7 Å². The van der Waals surface area contributed by atoms with E-state index in [4.69, 9.17) is 0 Å². The second-order valence-electron chi connectivity index (χ2n) is 5.30. The lowest BCUT2D eigenvalue weighted by molar-refractivity contribution is -0.384. The predicted molar refractivity (Wildman–Crippen MR) is 76.0 cm³/mol. The highest BCUT2D eigenvalue weighted by Crippen LogP contribution is 2.60. The molecule has 0 radical (unpaired) electrons. The number of thiophene rings is 1. The molecule has 1 aromatic heterocycles. The summed E-state index contributed by atoms with van der Waals surface area (Å²) in [5.41, 5.74) is -2.48. The van der Waals surface area contributed by atoms with Crippen molar-refractivity contribution < 1.29 is 31.3 Å². The number of halogens is 6. The third-order valence-corrected chi connectivity index (χ3v) is 4.89. The first kappa shape index (κ1) is 16.7. The normalized spacial score (nSPS) is 21.0. The molecule has 10 heteroatoms. The van der Waals surface area contributed by atoms with E-state index < -0.39 is 45.6 Å². The fourth-order valence-electron chi connectivity index (χ4n) is 2.63. The molecule has 0 saturated carbocycles. The highest BCUT2D eigenvalue weighted by molar-refractivity contribution is 7.19. The van der Waals surface area contributed by atoms with Crippen molar-refractivity contribution in [2.24, 2.45) is 0 Å². The zero-order valence-electron chi connectivity index (χ0n) is 11.7. The average molecular weight is 367 g/mol. The van der Waals surface area contributed by atoms with E-state index in [0.717, 1.165) is 23.5 Å². The summed E-state index contributed by atoms with van der Waals surface area (Å²) in [5, 5.41) is 10.7. The Balaban J connectivity index is 2.32. The van der Waals surface area contributed by atoms with Gasteiger partial charge < -0.3 is 0 Å². The van der Waals surface area contributed by atoms with Gasteiger partial charge >= 0.3 is 17.8 Å². The smallest absolute Gasteiger partial charge is 0.258 e. The van der Waals surface area contributed by atoms with E-state index in [0.29, 0.717) is 4.70 Å². The second-order valence-corrected chi connectivity index (χ2v) is 6.56. The van der Waals surface area contributed by atoms with Crippen molar-refractivity contribution >= 4 is 32.7 Å². The van der Waals surface area contributed by atoms with E-state index in [2.05, 4.69) is 0 Å². The zero-order chi connectivity index (χ0) is 18.1. The van der Waals surface area contributed by atoms with Gasteiger partial charge in [0.05, 0.1) is 4.92 Å². The van der Waals surface area contributed by atoms with Crippen molar-refractivity contribution in [2.45, 2.75) is 24.7 Å². The molecular formula is C14H7F6NO2S. The fraction of sp³-hybridized carbons (Fsp3) is 0.286. The number of rotatable bonds is 2. The second kappa shape index (κ2) is 4.71. The van der Waals surface area contributed by atoms with Crippen LogP contribution in [0.5, 0.6) is 0 Å². The number of hydrogen-bond acceptors (Lipinski definition) is 3. The van der Waals surface area contributed by atoms with Crippen LogP contribution in [-0.2, 0) is 0 Å². The predicted octanol–water partition coefficient (Wildman–Crippen LogP) is 5.42. The molecule has 0 amide bonds. The number of alkyl halides is 6. The molecule has 0 spiro atoms. The Morgan fingerprint density at radius 1 is 1.12 bits per heavy atom. The lowest BCUT2D eigenvalue weighted by Gasteiger charge is -2.25. The van der Waals surface area contributed by atoms with E-state index in [9.17, 15) is 36.5 Å². The van der Waals surface area contributed by atoms with Crippen molar-refractivity contribution in [2.75, 3.05) is 0 Å². The minimum Gasteiger partial charge on any atom is -0.258 e. The van der Waals surface area contributed by atoms with E-state index in [1.165, 1.54) is 13.0 Å². The maximum atomic E-state index is 14.0. The number of nitro groups is 1. The van der Waals surface area contributed by atoms with Gasteiger partial charge in [-0.15, -0.1) is 11.3 Å². The molecule has 1 aromatic carbocycles. The van der Waals surface area contributed by atoms with Crippen LogP contribution in [0.15, 0.2) is 24.3 Å². The largest absolute Gasteiger partial charge is 0.380 e. The molecule has 0 N–H and O–H groups in total. The fourth-order valence-corrected chi connectivity index (χ4v) is 3.69. The first-order valence-corrected chi connectivity index (χ1v) is 7.26. The van der Waals surface area contributed by atoms with Crippen molar-refractivity contribution in [3.63, 3.8) is 0 Å². The number of allylic oxidation sites excluding steroid dienone is 2. The van der Waals surface area contributed by atoms with Crippen LogP contribution >= 0.6 is 11.3 Å². The van der Waals surface area contributed by atoms with Crippen molar-refractivity contribution in [1.29, 1.82) is 0 Å². The van der Waals surface area contributed by atoms with E-state index in [-0.39, 0.29) is 10.3 Å². The molecule has 1 aliphatic carbocycles. The van der Waals surface area contributed by atoms with Crippen molar-refractivity contribution in [1.82, 2.24) is 0 Å². The molecule has 128 valence electrons. The van der Waals surface area contributed by atoms with Gasteiger partial charge in [-0.05, 0) is 13.0 Å². The molecule has 1 aliphatic rings. The molecule has 0 unspecified atom stereocenters. The highest BCUT2D eigenvalue weighted by Gasteiger charge is 2.77. The standard InChI is InChI=1S/C14H7F6NO2S/c1-6-11(8-4-7(21(22)23)2-3-10(8)24-6)9-5-12(15,16)14(19,20)13(9,17)18/h2-5H,1H3. The molecule has 2 aromatic rings. The Hall–Kier alpha value is -2.10. The molecule has 24 heavy (non-hydrogen) atoms. The number of non-ortho nitro benzene ring substituents is 1. The first-order chi connectivity index (χ1) is 10.9. The molecule has 1 heterocycles. The summed E-state index contributed by atoms with van der Waals surface area (Å²) in [6.07, 6.45) is -0.444. The minimum atomic E-state index is -5.57. The Bertz CT molecular complexity index is 902. The monoisotopic (exact) mass is 367 g/mol. The van der Waals surface area contributed by atoms with Crippen LogP contribution in [0.3, 0.4) is 0 Å². The number of nitro benzene ring substituents is 1. The Kier molecular flexibility index (Phi) is 3.29. The first-order valence-electron chi connectivity index (χ1n) is 6.45. The van der Waals surface area contributed by atoms with E-state index in [1.807, 2.05) is 0 Å². The molecule has 3 rings (SSSR count). The number of aryl methyl sites for hydroxylation is 1. The Labute approximate surface area is 134 Å². The van der Waals surface area contributed by atoms with E-state index in [1.54, 1.807) is 0 Å². The average Bonchev–Trinajstić information content (AvgIpc) is 2.83. The summed E-state index contributed by atoms with van der Waals surface area (Å²) < 4.78 is 81.9. The topological polar surface area (TPSA) is 43.1 Å².